The number of Topliss-reactive ketones (excluding diaryl/α,β-unsaturated/α-hetero) is 1. The fourth-order valence-corrected chi connectivity index (χ4v) is 3.10. The van der Waals surface area contributed by atoms with E-state index in [0.717, 1.165) is 8.95 Å². The molecule has 0 aliphatic carbocycles. The minimum atomic E-state index is -0.476. The van der Waals surface area contributed by atoms with Crippen LogP contribution in [0.25, 0.3) is 11.1 Å². The summed E-state index contributed by atoms with van der Waals surface area (Å²) in [5.41, 5.74) is 1.42. The molecule has 2 aromatic rings. The van der Waals surface area contributed by atoms with Crippen LogP contribution < -0.4 is 0 Å². The molecule has 0 aliphatic heterocycles. The molecule has 0 unspecified atom stereocenters. The van der Waals surface area contributed by atoms with Crippen molar-refractivity contribution in [1.82, 2.24) is 0 Å². The third kappa shape index (κ3) is 2.96. The molecule has 4 nitrogen and oxygen atoms in total. The Labute approximate surface area is 132 Å². The van der Waals surface area contributed by atoms with Crippen LogP contribution >= 0.6 is 31.9 Å². The Morgan fingerprint density at radius 1 is 1.10 bits per heavy atom. The predicted octanol–water partition coefficient (Wildman–Crippen LogP) is 4.99. The number of hydrogen-bond acceptors (Lipinski definition) is 3. The molecular weight excluding hydrogens is 390 g/mol. The minimum absolute atomic E-state index is 0.0827. The molecule has 0 amide bonds. The van der Waals surface area contributed by atoms with E-state index in [0.29, 0.717) is 16.7 Å². The average Bonchev–Trinajstić information content (AvgIpc) is 2.38. The summed E-state index contributed by atoms with van der Waals surface area (Å²) in [6.07, 6.45) is 0. The van der Waals surface area contributed by atoms with E-state index in [-0.39, 0.29) is 11.5 Å². The highest BCUT2D eigenvalue weighted by Gasteiger charge is 2.19. The Balaban J connectivity index is 2.67. The largest absolute Gasteiger partial charge is 0.295 e. The van der Waals surface area contributed by atoms with Gasteiger partial charge in [-0.25, -0.2) is 0 Å². The van der Waals surface area contributed by atoms with Gasteiger partial charge in [0.25, 0.3) is 5.69 Å². The van der Waals surface area contributed by atoms with Gasteiger partial charge in [0.05, 0.1) is 10.5 Å². The highest BCUT2D eigenvalue weighted by Crippen LogP contribution is 2.36. The topological polar surface area (TPSA) is 60.2 Å². The summed E-state index contributed by atoms with van der Waals surface area (Å²) in [5.74, 6) is -0.200. The molecular formula is C14H9Br2NO3. The summed E-state index contributed by atoms with van der Waals surface area (Å²) in [5, 5.41) is 11.2. The molecule has 0 radical (unpaired) electrons. The number of nitrogens with zero attached hydrogens (tertiary/aromatic N) is 1. The van der Waals surface area contributed by atoms with Crippen LogP contribution in [0, 0.1) is 10.1 Å². The summed E-state index contributed by atoms with van der Waals surface area (Å²) in [6, 6.07) is 9.92. The number of carbonyl (C=O) groups is 1. The van der Waals surface area contributed by atoms with Gasteiger partial charge >= 0.3 is 0 Å². The molecule has 0 saturated heterocycles. The quantitative estimate of drug-likeness (QED) is 0.415. The van der Waals surface area contributed by atoms with Gasteiger partial charge in [-0.3, -0.25) is 14.9 Å². The molecule has 0 aromatic heterocycles. The number of benzene rings is 2. The van der Waals surface area contributed by atoms with Gasteiger partial charge in [-0.1, -0.05) is 44.0 Å². The zero-order valence-corrected chi connectivity index (χ0v) is 13.6. The second kappa shape index (κ2) is 5.85. The molecule has 102 valence electrons. The van der Waals surface area contributed by atoms with Crippen molar-refractivity contribution in [2.75, 3.05) is 0 Å². The van der Waals surface area contributed by atoms with Gasteiger partial charge in [-0.2, -0.15) is 0 Å². The zero-order valence-electron chi connectivity index (χ0n) is 10.4. The molecule has 0 atom stereocenters. The highest BCUT2D eigenvalue weighted by atomic mass is 79.9. The summed E-state index contributed by atoms with van der Waals surface area (Å²) in [6.45, 7) is 1.38. The first-order valence-electron chi connectivity index (χ1n) is 5.65. The molecule has 2 aromatic carbocycles. The van der Waals surface area contributed by atoms with Gasteiger partial charge in [0, 0.05) is 26.1 Å². The van der Waals surface area contributed by atoms with Gasteiger partial charge in [-0.15, -0.1) is 0 Å². The van der Waals surface area contributed by atoms with Crippen LogP contribution in [0.4, 0.5) is 5.69 Å². The van der Waals surface area contributed by atoms with Crippen molar-refractivity contribution in [2.24, 2.45) is 0 Å². The van der Waals surface area contributed by atoms with E-state index in [4.69, 9.17) is 0 Å². The molecule has 2 rings (SSSR count). The third-order valence-electron chi connectivity index (χ3n) is 2.82. The van der Waals surface area contributed by atoms with Gasteiger partial charge in [0.2, 0.25) is 0 Å². The number of rotatable bonds is 3. The number of nitro benzene ring substituents is 1. The number of hydrogen-bond donors (Lipinski definition) is 0. The smallest absolute Gasteiger partial charge is 0.277 e. The van der Waals surface area contributed by atoms with Crippen LogP contribution in [-0.4, -0.2) is 10.7 Å². The molecule has 0 aliphatic rings. The average molecular weight is 399 g/mol. The van der Waals surface area contributed by atoms with Gasteiger partial charge < -0.3 is 0 Å². The maximum Gasteiger partial charge on any atom is 0.277 e. The van der Waals surface area contributed by atoms with E-state index < -0.39 is 4.92 Å². The lowest BCUT2D eigenvalue weighted by Crippen LogP contribution is -1.98. The van der Waals surface area contributed by atoms with Crippen molar-refractivity contribution >= 4 is 43.3 Å². The molecule has 6 heteroatoms. The normalized spacial score (nSPS) is 10.3. The number of nitro groups is 1. The predicted molar refractivity (Wildman–Crippen MR) is 83.9 cm³/mol. The summed E-state index contributed by atoms with van der Waals surface area (Å²) < 4.78 is 1.61. The van der Waals surface area contributed by atoms with Crippen molar-refractivity contribution in [1.29, 1.82) is 0 Å². The van der Waals surface area contributed by atoms with Crippen LogP contribution in [0.5, 0.6) is 0 Å². The van der Waals surface area contributed by atoms with Gasteiger partial charge in [0.1, 0.15) is 0 Å². The fraction of sp³-hybridized carbons (Fsp3) is 0.0714. The molecule has 0 saturated carbocycles. The lowest BCUT2D eigenvalue weighted by atomic mass is 10.0. The van der Waals surface area contributed by atoms with Crippen molar-refractivity contribution in [3.63, 3.8) is 0 Å². The minimum Gasteiger partial charge on any atom is -0.295 e. The third-order valence-corrected chi connectivity index (χ3v) is 3.97. The Morgan fingerprint density at radius 3 is 2.30 bits per heavy atom. The SMILES string of the molecule is CC(=O)c1ccc(-c2ccc(Br)cc2Br)c([N+](=O)[O-])c1. The summed E-state index contributed by atoms with van der Waals surface area (Å²) >= 11 is 6.73. The van der Waals surface area contributed by atoms with Crippen molar-refractivity contribution in [3.8, 4) is 11.1 Å². The molecule has 0 N–H and O–H groups in total. The fourth-order valence-electron chi connectivity index (χ4n) is 1.84. The highest BCUT2D eigenvalue weighted by molar-refractivity contribution is 9.11. The maximum absolute atomic E-state index is 11.3. The van der Waals surface area contributed by atoms with Crippen LogP contribution in [0.15, 0.2) is 45.3 Å². The molecule has 0 spiro atoms. The van der Waals surface area contributed by atoms with Crippen molar-refractivity contribution < 1.29 is 9.72 Å². The lowest BCUT2D eigenvalue weighted by molar-refractivity contribution is -0.384. The number of carbonyl (C=O) groups excluding carboxylic acids is 1. The Kier molecular flexibility index (Phi) is 4.35. The van der Waals surface area contributed by atoms with E-state index in [2.05, 4.69) is 31.9 Å². The lowest BCUT2D eigenvalue weighted by Gasteiger charge is -2.07. The summed E-state index contributed by atoms with van der Waals surface area (Å²) in [4.78, 5) is 22.1. The Hall–Kier alpha value is -1.53. The van der Waals surface area contributed by atoms with E-state index in [1.54, 1.807) is 18.2 Å². The van der Waals surface area contributed by atoms with Gasteiger partial charge in [0.15, 0.2) is 5.78 Å². The second-order valence-electron chi connectivity index (χ2n) is 4.17. The molecule has 0 bridgehead atoms. The van der Waals surface area contributed by atoms with Crippen LogP contribution in [0.3, 0.4) is 0 Å². The monoisotopic (exact) mass is 397 g/mol. The Morgan fingerprint density at radius 2 is 1.75 bits per heavy atom. The second-order valence-corrected chi connectivity index (χ2v) is 5.94. The van der Waals surface area contributed by atoms with E-state index in [1.807, 2.05) is 12.1 Å². The molecule has 0 fully saturated rings. The standard InChI is InChI=1S/C14H9Br2NO3/c1-8(18)9-2-4-12(14(6-9)17(19)20)11-5-3-10(15)7-13(11)16/h2-7H,1H3. The maximum atomic E-state index is 11.3. The van der Waals surface area contributed by atoms with E-state index in [1.165, 1.54) is 13.0 Å². The van der Waals surface area contributed by atoms with Crippen LogP contribution in [0.1, 0.15) is 17.3 Å². The van der Waals surface area contributed by atoms with E-state index >= 15 is 0 Å². The van der Waals surface area contributed by atoms with Crippen LogP contribution in [0.2, 0.25) is 0 Å². The zero-order chi connectivity index (χ0) is 14.9. The molecule has 20 heavy (non-hydrogen) atoms. The van der Waals surface area contributed by atoms with Crippen molar-refractivity contribution in [3.05, 3.63) is 61.0 Å². The number of ketones is 1. The van der Waals surface area contributed by atoms with E-state index in [9.17, 15) is 14.9 Å². The first-order valence-corrected chi connectivity index (χ1v) is 7.23. The van der Waals surface area contributed by atoms with Gasteiger partial charge in [-0.05, 0) is 25.1 Å². The molecule has 0 heterocycles. The van der Waals surface area contributed by atoms with Crippen LogP contribution in [-0.2, 0) is 0 Å². The first-order chi connectivity index (χ1) is 9.40. The first kappa shape index (κ1) is 14.9. The summed E-state index contributed by atoms with van der Waals surface area (Å²) in [7, 11) is 0. The van der Waals surface area contributed by atoms with Crippen molar-refractivity contribution in [2.45, 2.75) is 6.92 Å². The number of halogens is 2. The Bertz CT molecular complexity index is 714.